The number of carbonyl (C=O) groups is 2. The van der Waals surface area contributed by atoms with Crippen molar-refractivity contribution in [3.05, 3.63) is 53.6 Å². The first-order chi connectivity index (χ1) is 14.7. The van der Waals surface area contributed by atoms with Gasteiger partial charge in [0.15, 0.2) is 13.2 Å². The number of para-hydroxylation sites is 1. The molecule has 0 fully saturated rings. The van der Waals surface area contributed by atoms with Gasteiger partial charge in [-0.15, -0.1) is 0 Å². The molecule has 9 heteroatoms. The molecule has 8 nitrogen and oxygen atoms in total. The molecule has 0 aliphatic carbocycles. The maximum absolute atomic E-state index is 12.6. The zero-order valence-corrected chi connectivity index (χ0v) is 19.0. The first-order valence-electron chi connectivity index (χ1n) is 9.93. The molecule has 0 saturated heterocycles. The van der Waals surface area contributed by atoms with Crippen LogP contribution in [0.3, 0.4) is 0 Å². The van der Waals surface area contributed by atoms with Crippen LogP contribution in [0.5, 0.6) is 5.75 Å². The molecular weight excluding hydrogens is 420 g/mol. The molecule has 168 valence electrons. The maximum Gasteiger partial charge on any atom is 0.344 e. The average Bonchev–Trinajstić information content (AvgIpc) is 2.73. The molecule has 1 amide bonds. The van der Waals surface area contributed by atoms with Gasteiger partial charge >= 0.3 is 5.97 Å². The number of sulfonamides is 1. The second-order valence-corrected chi connectivity index (χ2v) is 8.77. The van der Waals surface area contributed by atoms with Crippen LogP contribution >= 0.6 is 0 Å². The number of aryl methyl sites for hydroxylation is 2. The Morgan fingerprint density at radius 2 is 1.58 bits per heavy atom. The highest BCUT2D eigenvalue weighted by Crippen LogP contribution is 2.22. The Balaban J connectivity index is 1.91. The van der Waals surface area contributed by atoms with Gasteiger partial charge in [0.25, 0.3) is 5.91 Å². The van der Waals surface area contributed by atoms with E-state index in [4.69, 9.17) is 9.47 Å². The average molecular weight is 449 g/mol. The summed E-state index contributed by atoms with van der Waals surface area (Å²) in [6.45, 7) is 7.10. The third-order valence-electron chi connectivity index (χ3n) is 4.57. The fraction of sp³-hybridized carbons (Fsp3) is 0.364. The molecule has 0 aliphatic heterocycles. The third-order valence-corrected chi connectivity index (χ3v) is 6.61. The second-order valence-electron chi connectivity index (χ2n) is 6.84. The van der Waals surface area contributed by atoms with Gasteiger partial charge in [-0.05, 0) is 43.2 Å². The predicted molar refractivity (Wildman–Crippen MR) is 118 cm³/mol. The summed E-state index contributed by atoms with van der Waals surface area (Å²) in [6.07, 6.45) is 0. The molecule has 0 heterocycles. The van der Waals surface area contributed by atoms with E-state index in [1.165, 1.54) is 22.5 Å². The summed E-state index contributed by atoms with van der Waals surface area (Å²) < 4.78 is 37.0. The van der Waals surface area contributed by atoms with E-state index in [0.29, 0.717) is 24.5 Å². The van der Waals surface area contributed by atoms with Gasteiger partial charge in [-0.2, -0.15) is 4.31 Å². The summed E-state index contributed by atoms with van der Waals surface area (Å²) >= 11 is 0. The quantitative estimate of drug-likeness (QED) is 0.561. The summed E-state index contributed by atoms with van der Waals surface area (Å²) in [6, 6.07) is 11.6. The van der Waals surface area contributed by atoms with Gasteiger partial charge in [0, 0.05) is 18.8 Å². The van der Waals surface area contributed by atoms with E-state index in [1.54, 1.807) is 19.9 Å². The van der Waals surface area contributed by atoms with Gasteiger partial charge in [-0.1, -0.05) is 38.1 Å². The smallest absolute Gasteiger partial charge is 0.344 e. The number of rotatable bonds is 10. The van der Waals surface area contributed by atoms with Crippen molar-refractivity contribution < 1.29 is 27.5 Å². The highest BCUT2D eigenvalue weighted by Gasteiger charge is 2.22. The zero-order valence-electron chi connectivity index (χ0n) is 18.2. The SMILES string of the molecule is CCN(CC)S(=O)(=O)c1cccc(NC(=O)COC(=O)COc2c(C)cccc2C)c1. The Morgan fingerprint density at radius 3 is 2.19 bits per heavy atom. The third kappa shape index (κ3) is 6.53. The summed E-state index contributed by atoms with van der Waals surface area (Å²) in [5, 5.41) is 2.54. The topological polar surface area (TPSA) is 102 Å². The number of benzene rings is 2. The van der Waals surface area contributed by atoms with Crippen molar-refractivity contribution in [3.8, 4) is 5.75 Å². The Morgan fingerprint density at radius 1 is 0.968 bits per heavy atom. The fourth-order valence-corrected chi connectivity index (χ4v) is 4.49. The number of nitrogens with one attached hydrogen (secondary N) is 1. The molecule has 0 bridgehead atoms. The van der Waals surface area contributed by atoms with Crippen molar-refractivity contribution in [2.24, 2.45) is 0 Å². The van der Waals surface area contributed by atoms with Gasteiger partial charge in [0.1, 0.15) is 5.75 Å². The van der Waals surface area contributed by atoms with Gasteiger partial charge in [-0.3, -0.25) is 4.79 Å². The largest absolute Gasteiger partial charge is 0.481 e. The molecule has 0 aromatic heterocycles. The van der Waals surface area contributed by atoms with Crippen molar-refractivity contribution in [2.45, 2.75) is 32.6 Å². The zero-order chi connectivity index (χ0) is 23.0. The summed E-state index contributed by atoms with van der Waals surface area (Å²) in [7, 11) is -3.65. The molecule has 2 rings (SSSR count). The van der Waals surface area contributed by atoms with Crippen LogP contribution in [0.1, 0.15) is 25.0 Å². The monoisotopic (exact) mass is 448 g/mol. The van der Waals surface area contributed by atoms with Crippen molar-refractivity contribution in [1.82, 2.24) is 4.31 Å². The van der Waals surface area contributed by atoms with Crippen molar-refractivity contribution in [2.75, 3.05) is 31.6 Å². The number of amides is 1. The van der Waals surface area contributed by atoms with Crippen LogP contribution in [-0.4, -0.2) is 50.9 Å². The minimum atomic E-state index is -3.65. The van der Waals surface area contributed by atoms with Crippen LogP contribution in [-0.2, 0) is 24.3 Å². The minimum absolute atomic E-state index is 0.0768. The van der Waals surface area contributed by atoms with Gasteiger partial charge in [0.05, 0.1) is 4.90 Å². The number of hydrogen-bond acceptors (Lipinski definition) is 6. The van der Waals surface area contributed by atoms with Crippen molar-refractivity contribution >= 4 is 27.6 Å². The number of nitrogens with zero attached hydrogens (tertiary/aromatic N) is 1. The van der Waals surface area contributed by atoms with E-state index in [-0.39, 0.29) is 11.5 Å². The highest BCUT2D eigenvalue weighted by atomic mass is 32.2. The number of carbonyl (C=O) groups excluding carboxylic acids is 2. The lowest BCUT2D eigenvalue weighted by atomic mass is 10.1. The lowest BCUT2D eigenvalue weighted by molar-refractivity contribution is -0.149. The number of anilines is 1. The molecule has 2 aromatic carbocycles. The molecule has 1 N–H and O–H groups in total. The Bertz CT molecular complexity index is 1010. The maximum atomic E-state index is 12.6. The van der Waals surface area contributed by atoms with E-state index in [9.17, 15) is 18.0 Å². The van der Waals surface area contributed by atoms with E-state index in [0.717, 1.165) is 11.1 Å². The van der Waals surface area contributed by atoms with Crippen molar-refractivity contribution in [3.63, 3.8) is 0 Å². The highest BCUT2D eigenvalue weighted by molar-refractivity contribution is 7.89. The van der Waals surface area contributed by atoms with E-state index in [2.05, 4.69) is 5.32 Å². The van der Waals surface area contributed by atoms with Crippen LogP contribution < -0.4 is 10.1 Å². The number of ether oxygens (including phenoxy) is 2. The van der Waals surface area contributed by atoms with Crippen LogP contribution in [0, 0.1) is 13.8 Å². The van der Waals surface area contributed by atoms with E-state index >= 15 is 0 Å². The standard InChI is InChI=1S/C22H28N2O6S/c1-5-24(6-2)31(27,28)19-12-8-11-18(13-19)23-20(25)14-29-21(26)15-30-22-16(3)9-7-10-17(22)4/h7-13H,5-6,14-15H2,1-4H3,(H,23,25). The van der Waals surface area contributed by atoms with Gasteiger partial charge in [0.2, 0.25) is 10.0 Å². The van der Waals surface area contributed by atoms with Gasteiger partial charge in [-0.25, -0.2) is 13.2 Å². The van der Waals surface area contributed by atoms with Crippen LogP contribution in [0.15, 0.2) is 47.4 Å². The first kappa shape index (κ1) is 24.4. The molecule has 0 atom stereocenters. The minimum Gasteiger partial charge on any atom is -0.481 e. The summed E-state index contributed by atoms with van der Waals surface area (Å²) in [5.41, 5.74) is 2.08. The Kier molecular flexibility index (Phi) is 8.58. The second kappa shape index (κ2) is 10.9. The molecule has 2 aromatic rings. The molecule has 31 heavy (non-hydrogen) atoms. The van der Waals surface area contributed by atoms with E-state index in [1.807, 2.05) is 32.0 Å². The molecule has 0 radical (unpaired) electrons. The fourth-order valence-electron chi connectivity index (χ4n) is 2.99. The van der Waals surface area contributed by atoms with E-state index < -0.39 is 28.5 Å². The number of esters is 1. The first-order valence-corrected chi connectivity index (χ1v) is 11.4. The molecule has 0 unspecified atom stereocenters. The summed E-state index contributed by atoms with van der Waals surface area (Å²) in [5.74, 6) is -0.663. The lowest BCUT2D eigenvalue weighted by Gasteiger charge is -2.18. The normalized spacial score (nSPS) is 11.3. The summed E-state index contributed by atoms with van der Waals surface area (Å²) in [4.78, 5) is 24.1. The Labute approximate surface area is 183 Å². The molecule has 0 saturated carbocycles. The molecular formula is C22H28N2O6S. The lowest BCUT2D eigenvalue weighted by Crippen LogP contribution is -2.30. The van der Waals surface area contributed by atoms with Crippen molar-refractivity contribution in [1.29, 1.82) is 0 Å². The Hall–Kier alpha value is -2.91. The van der Waals surface area contributed by atoms with Crippen LogP contribution in [0.25, 0.3) is 0 Å². The molecule has 0 aliphatic rings. The van der Waals surface area contributed by atoms with Crippen LogP contribution in [0.4, 0.5) is 5.69 Å². The number of hydrogen-bond donors (Lipinski definition) is 1. The molecule has 0 spiro atoms. The predicted octanol–water partition coefficient (Wildman–Crippen LogP) is 2.89. The van der Waals surface area contributed by atoms with Gasteiger partial charge < -0.3 is 14.8 Å². The van der Waals surface area contributed by atoms with Crippen LogP contribution in [0.2, 0.25) is 0 Å².